The molecule has 1 atom stereocenters. The van der Waals surface area contributed by atoms with Crippen molar-refractivity contribution in [2.24, 2.45) is 0 Å². The summed E-state index contributed by atoms with van der Waals surface area (Å²) in [5.41, 5.74) is 0. The van der Waals surface area contributed by atoms with Crippen LogP contribution in [0.1, 0.15) is 0 Å². The van der Waals surface area contributed by atoms with Crippen LogP contribution in [0.4, 0.5) is 22.0 Å². The number of ether oxygens (including phenoxy) is 2. The molecule has 64 valence electrons. The molecular weight excluding hydrogens is 175 g/mol. The van der Waals surface area contributed by atoms with E-state index < -0.39 is 24.5 Å². The molecule has 1 aliphatic heterocycles. The molecule has 2 nitrogen and oxygen atoms in total. The van der Waals surface area contributed by atoms with Gasteiger partial charge < -0.3 is 9.47 Å². The fourth-order valence-corrected chi connectivity index (χ4v) is 0.476. The van der Waals surface area contributed by atoms with Crippen molar-refractivity contribution < 1.29 is 31.4 Å². The van der Waals surface area contributed by atoms with E-state index in [1.165, 1.54) is 0 Å². The Morgan fingerprint density at radius 1 is 1.18 bits per heavy atom. The van der Waals surface area contributed by atoms with Gasteiger partial charge in [0, 0.05) is 0 Å². The van der Waals surface area contributed by atoms with Gasteiger partial charge in [-0.15, -0.1) is 0 Å². The van der Waals surface area contributed by atoms with Gasteiger partial charge in [0.05, 0.1) is 0 Å². The van der Waals surface area contributed by atoms with E-state index in [4.69, 9.17) is 0 Å². The van der Waals surface area contributed by atoms with E-state index in [0.29, 0.717) is 0 Å². The fraction of sp³-hybridized carbons (Fsp3) is 0.500. The lowest BCUT2D eigenvalue weighted by atomic mass is 10.5. The molecule has 0 bridgehead atoms. The Morgan fingerprint density at radius 2 is 1.73 bits per heavy atom. The largest absolute Gasteiger partial charge is 0.455 e. The second-order valence-corrected chi connectivity index (χ2v) is 1.61. The summed E-state index contributed by atoms with van der Waals surface area (Å²) >= 11 is 0. The van der Waals surface area contributed by atoms with E-state index in [1.54, 1.807) is 0 Å². The zero-order valence-electron chi connectivity index (χ0n) is 4.78. The molecule has 1 aliphatic rings. The summed E-state index contributed by atoms with van der Waals surface area (Å²) in [5.74, 6) is -2.06. The van der Waals surface area contributed by atoms with Crippen molar-refractivity contribution in [3.63, 3.8) is 0 Å². The van der Waals surface area contributed by atoms with Crippen molar-refractivity contribution in [1.29, 1.82) is 0 Å². The summed E-state index contributed by atoms with van der Waals surface area (Å²) in [4.78, 5) is 0. The van der Waals surface area contributed by atoms with E-state index in [1.807, 2.05) is 0 Å². The second kappa shape index (κ2) is 2.24. The van der Waals surface area contributed by atoms with Gasteiger partial charge in [-0.3, -0.25) is 0 Å². The van der Waals surface area contributed by atoms with Crippen molar-refractivity contribution >= 4 is 0 Å². The van der Waals surface area contributed by atoms with E-state index in [2.05, 4.69) is 9.47 Å². The van der Waals surface area contributed by atoms with Crippen LogP contribution >= 0.6 is 0 Å². The minimum absolute atomic E-state index is 2.06. The minimum Gasteiger partial charge on any atom is -0.417 e. The molecule has 1 heterocycles. The van der Waals surface area contributed by atoms with E-state index >= 15 is 0 Å². The Bertz CT molecular complexity index is 195. The monoisotopic (exact) mass is 176 g/mol. The van der Waals surface area contributed by atoms with Crippen molar-refractivity contribution in [2.75, 3.05) is 0 Å². The van der Waals surface area contributed by atoms with Crippen molar-refractivity contribution in [3.8, 4) is 0 Å². The van der Waals surface area contributed by atoms with E-state index in [9.17, 15) is 22.0 Å². The molecule has 0 aliphatic carbocycles. The average molecular weight is 176 g/mol. The van der Waals surface area contributed by atoms with Crippen LogP contribution in [0.2, 0.25) is 0 Å². The Morgan fingerprint density at radius 3 is 1.91 bits per heavy atom. The van der Waals surface area contributed by atoms with Crippen LogP contribution in [0.15, 0.2) is 11.8 Å². The third kappa shape index (κ3) is 1.52. The quantitative estimate of drug-likeness (QED) is 0.525. The number of hydrogen-bond acceptors (Lipinski definition) is 2. The molecule has 7 heteroatoms. The predicted octanol–water partition coefficient (Wildman–Crippen LogP) is 1.99. The summed E-state index contributed by atoms with van der Waals surface area (Å²) in [6.45, 7) is -2.70. The smallest absolute Gasteiger partial charge is 0.417 e. The first kappa shape index (κ1) is 8.09. The standard InChI is InChI=1S/C4HF5O2/c5-2-1(4(7,8)9)10-3(6)11-2/h3H. The average Bonchev–Trinajstić information content (AvgIpc) is 2.08. The molecule has 0 aromatic rings. The van der Waals surface area contributed by atoms with Crippen LogP contribution in [-0.2, 0) is 9.47 Å². The van der Waals surface area contributed by atoms with Gasteiger partial charge in [0.25, 0.3) is 5.76 Å². The van der Waals surface area contributed by atoms with Gasteiger partial charge >= 0.3 is 18.7 Å². The van der Waals surface area contributed by atoms with Gasteiger partial charge in [-0.05, 0) is 0 Å². The molecule has 0 N–H and O–H groups in total. The Kier molecular flexibility index (Phi) is 1.65. The molecule has 0 aromatic heterocycles. The van der Waals surface area contributed by atoms with Gasteiger partial charge in [0.15, 0.2) is 0 Å². The second-order valence-electron chi connectivity index (χ2n) is 1.61. The molecule has 11 heavy (non-hydrogen) atoms. The van der Waals surface area contributed by atoms with Gasteiger partial charge in [-0.1, -0.05) is 0 Å². The highest BCUT2D eigenvalue weighted by atomic mass is 19.4. The maximum absolute atomic E-state index is 11.9. The summed E-state index contributed by atoms with van der Waals surface area (Å²) in [5, 5.41) is 0. The van der Waals surface area contributed by atoms with Crippen LogP contribution in [-0.4, -0.2) is 12.7 Å². The van der Waals surface area contributed by atoms with Crippen LogP contribution in [0.25, 0.3) is 0 Å². The highest BCUT2D eigenvalue weighted by Crippen LogP contribution is 2.36. The lowest BCUT2D eigenvalue weighted by Crippen LogP contribution is -2.14. The first-order chi connectivity index (χ1) is 4.91. The van der Waals surface area contributed by atoms with Gasteiger partial charge in [0.2, 0.25) is 0 Å². The Balaban J connectivity index is 2.80. The van der Waals surface area contributed by atoms with Gasteiger partial charge in [0.1, 0.15) is 0 Å². The van der Waals surface area contributed by atoms with Gasteiger partial charge in [-0.25, -0.2) is 0 Å². The summed E-state index contributed by atoms with van der Waals surface area (Å²) in [6.07, 6.45) is -5.05. The molecule has 1 rings (SSSR count). The molecule has 0 saturated carbocycles. The van der Waals surface area contributed by atoms with Crippen molar-refractivity contribution in [3.05, 3.63) is 11.8 Å². The minimum atomic E-state index is -5.05. The number of halogens is 5. The van der Waals surface area contributed by atoms with Crippen molar-refractivity contribution in [1.82, 2.24) is 0 Å². The molecule has 0 radical (unpaired) electrons. The molecule has 0 fully saturated rings. The summed E-state index contributed by atoms with van der Waals surface area (Å²) in [6, 6.07) is -2.08. The predicted molar refractivity (Wildman–Crippen MR) is 21.3 cm³/mol. The van der Waals surface area contributed by atoms with Crippen LogP contribution < -0.4 is 0 Å². The number of alkyl halides is 4. The first-order valence-electron chi connectivity index (χ1n) is 2.35. The van der Waals surface area contributed by atoms with E-state index in [-0.39, 0.29) is 0 Å². The maximum atomic E-state index is 11.9. The Labute approximate surface area is 57.2 Å². The number of allylic oxidation sites excluding steroid dienone is 1. The topological polar surface area (TPSA) is 18.5 Å². The molecule has 0 amide bonds. The fourth-order valence-electron chi connectivity index (χ4n) is 0.476. The Hall–Kier alpha value is -1.01. The third-order valence-corrected chi connectivity index (χ3v) is 0.843. The zero-order chi connectivity index (χ0) is 8.65. The van der Waals surface area contributed by atoms with Gasteiger partial charge in [-0.2, -0.15) is 22.0 Å². The first-order valence-corrected chi connectivity index (χ1v) is 2.35. The van der Waals surface area contributed by atoms with E-state index in [0.717, 1.165) is 0 Å². The van der Waals surface area contributed by atoms with Crippen LogP contribution in [0.3, 0.4) is 0 Å². The van der Waals surface area contributed by atoms with Crippen molar-refractivity contribution in [2.45, 2.75) is 12.7 Å². The lowest BCUT2D eigenvalue weighted by Gasteiger charge is -2.04. The SMILES string of the molecule is FC1=C(C(F)(F)F)OC(F)O1. The molecule has 1 unspecified atom stereocenters. The molecule has 0 aromatic carbocycles. The number of rotatable bonds is 0. The lowest BCUT2D eigenvalue weighted by molar-refractivity contribution is -0.184. The third-order valence-electron chi connectivity index (χ3n) is 0.843. The highest BCUT2D eigenvalue weighted by Gasteiger charge is 2.46. The van der Waals surface area contributed by atoms with Crippen LogP contribution in [0, 0.1) is 0 Å². The normalized spacial score (nSPS) is 25.0. The summed E-state index contributed by atoms with van der Waals surface area (Å²) < 4.78 is 64.8. The molecule has 0 spiro atoms. The summed E-state index contributed by atoms with van der Waals surface area (Å²) in [7, 11) is 0. The van der Waals surface area contributed by atoms with Crippen LogP contribution in [0.5, 0.6) is 0 Å². The number of hydrogen-bond donors (Lipinski definition) is 0. The molecular formula is C4HF5O2. The zero-order valence-corrected chi connectivity index (χ0v) is 4.78. The maximum Gasteiger partial charge on any atom is 0.455 e. The molecule has 0 saturated heterocycles. The highest BCUT2D eigenvalue weighted by molar-refractivity contribution is 5.04.